The molecule has 0 aliphatic rings. The van der Waals surface area contributed by atoms with Gasteiger partial charge in [-0.2, -0.15) is 0 Å². The van der Waals surface area contributed by atoms with E-state index < -0.39 is 0 Å². The summed E-state index contributed by atoms with van der Waals surface area (Å²) in [6, 6.07) is 4.01. The Morgan fingerprint density at radius 3 is 2.60 bits per heavy atom. The maximum atomic E-state index is 5.70. The van der Waals surface area contributed by atoms with E-state index in [4.69, 9.17) is 5.73 Å². The number of aryl methyl sites for hydroxylation is 1. The van der Waals surface area contributed by atoms with E-state index in [1.807, 2.05) is 19.1 Å². The first kappa shape index (κ1) is 8.20. The van der Waals surface area contributed by atoms with E-state index in [2.05, 4.69) is 35.2 Å². The lowest BCUT2D eigenvalue weighted by Crippen LogP contribution is -1.92. The minimum absolute atomic E-state index is 0.787. The van der Waals surface area contributed by atoms with Gasteiger partial charge < -0.3 is 5.73 Å². The number of nitrogen functional groups attached to an aromatic ring is 1. The van der Waals surface area contributed by atoms with Crippen LogP contribution in [0, 0.1) is 10.5 Å². The van der Waals surface area contributed by atoms with Crippen molar-refractivity contribution in [2.45, 2.75) is 11.8 Å². The third kappa shape index (κ3) is 1.40. The van der Waals surface area contributed by atoms with Crippen LogP contribution in [0.15, 0.2) is 17.0 Å². The average Bonchev–Trinajstić information content (AvgIpc) is 1.93. The van der Waals surface area contributed by atoms with Crippen molar-refractivity contribution in [3.05, 3.63) is 21.3 Å². The van der Waals surface area contributed by atoms with Crippen LogP contribution in [0.4, 0.5) is 5.69 Å². The summed E-state index contributed by atoms with van der Waals surface area (Å²) in [5.41, 5.74) is 7.58. The highest BCUT2D eigenvalue weighted by molar-refractivity contribution is 14.1. The Hall–Kier alpha value is 0.1000. The van der Waals surface area contributed by atoms with E-state index >= 15 is 0 Å². The SMILES string of the molecule is Cc1ccc(I)c(S)c1N. The molecule has 0 spiro atoms. The van der Waals surface area contributed by atoms with E-state index in [0.717, 1.165) is 19.7 Å². The Morgan fingerprint density at radius 2 is 2.10 bits per heavy atom. The van der Waals surface area contributed by atoms with Gasteiger partial charge in [0.1, 0.15) is 0 Å². The van der Waals surface area contributed by atoms with Crippen LogP contribution < -0.4 is 5.73 Å². The summed E-state index contributed by atoms with van der Waals surface area (Å²) in [4.78, 5) is 0.889. The molecule has 0 aliphatic carbocycles. The fraction of sp³-hybridized carbons (Fsp3) is 0.143. The van der Waals surface area contributed by atoms with Crippen molar-refractivity contribution in [2.24, 2.45) is 0 Å². The molecule has 0 heterocycles. The summed E-state index contributed by atoms with van der Waals surface area (Å²) in [7, 11) is 0. The molecule has 0 radical (unpaired) electrons. The van der Waals surface area contributed by atoms with Crippen LogP contribution >= 0.6 is 35.2 Å². The van der Waals surface area contributed by atoms with Gasteiger partial charge in [0.05, 0.1) is 0 Å². The van der Waals surface area contributed by atoms with Crippen molar-refractivity contribution in [1.29, 1.82) is 0 Å². The quantitative estimate of drug-likeness (QED) is 0.420. The summed E-state index contributed by atoms with van der Waals surface area (Å²) < 4.78 is 1.10. The van der Waals surface area contributed by atoms with E-state index in [1.54, 1.807) is 0 Å². The molecule has 0 saturated heterocycles. The van der Waals surface area contributed by atoms with Crippen LogP contribution in [0.5, 0.6) is 0 Å². The van der Waals surface area contributed by atoms with Gasteiger partial charge in [-0.1, -0.05) is 6.07 Å². The Labute approximate surface area is 79.6 Å². The zero-order valence-corrected chi connectivity index (χ0v) is 8.61. The van der Waals surface area contributed by atoms with Crippen molar-refractivity contribution < 1.29 is 0 Å². The summed E-state index contributed by atoms with van der Waals surface area (Å²) in [5.74, 6) is 0. The zero-order valence-electron chi connectivity index (χ0n) is 5.56. The number of benzene rings is 1. The molecule has 0 aromatic heterocycles. The number of hydrogen-bond donors (Lipinski definition) is 2. The number of halogens is 1. The predicted molar refractivity (Wildman–Crippen MR) is 55.6 cm³/mol. The van der Waals surface area contributed by atoms with Gasteiger partial charge in [0.2, 0.25) is 0 Å². The zero-order chi connectivity index (χ0) is 7.72. The van der Waals surface area contributed by atoms with E-state index in [9.17, 15) is 0 Å². The Kier molecular flexibility index (Phi) is 2.46. The minimum Gasteiger partial charge on any atom is -0.398 e. The second-order valence-corrected chi connectivity index (χ2v) is 3.74. The molecule has 1 nitrogen and oxygen atoms in total. The maximum Gasteiger partial charge on any atom is 0.0490 e. The highest BCUT2D eigenvalue weighted by Gasteiger charge is 2.00. The van der Waals surface area contributed by atoms with Crippen molar-refractivity contribution in [3.63, 3.8) is 0 Å². The van der Waals surface area contributed by atoms with Gasteiger partial charge in [-0.25, -0.2) is 0 Å². The standard InChI is InChI=1S/C7H8INS/c1-4-2-3-5(8)7(10)6(4)9/h2-3,10H,9H2,1H3. The van der Waals surface area contributed by atoms with Gasteiger partial charge in [0, 0.05) is 14.2 Å². The number of thiol groups is 1. The largest absolute Gasteiger partial charge is 0.398 e. The lowest BCUT2D eigenvalue weighted by molar-refractivity contribution is 1.34. The van der Waals surface area contributed by atoms with Crippen LogP contribution in [0.3, 0.4) is 0 Å². The van der Waals surface area contributed by atoms with Crippen molar-refractivity contribution >= 4 is 40.9 Å². The number of hydrogen-bond acceptors (Lipinski definition) is 2. The van der Waals surface area contributed by atoms with Crippen LogP contribution in [-0.4, -0.2) is 0 Å². The van der Waals surface area contributed by atoms with Gasteiger partial charge in [0.25, 0.3) is 0 Å². The summed E-state index contributed by atoms with van der Waals surface area (Å²) in [6.07, 6.45) is 0. The number of anilines is 1. The van der Waals surface area contributed by atoms with E-state index in [1.165, 1.54) is 0 Å². The molecule has 1 rings (SSSR count). The molecule has 1 aromatic rings. The first-order valence-corrected chi connectivity index (χ1v) is 4.39. The van der Waals surface area contributed by atoms with Crippen LogP contribution in [-0.2, 0) is 0 Å². The Morgan fingerprint density at radius 1 is 1.50 bits per heavy atom. The number of rotatable bonds is 0. The van der Waals surface area contributed by atoms with Crippen LogP contribution in [0.1, 0.15) is 5.56 Å². The molecule has 0 atom stereocenters. The first-order chi connectivity index (χ1) is 4.63. The Bertz CT molecular complexity index is 233. The maximum absolute atomic E-state index is 5.70. The fourth-order valence-corrected chi connectivity index (χ4v) is 1.40. The lowest BCUT2D eigenvalue weighted by Gasteiger charge is -2.03. The molecule has 2 N–H and O–H groups in total. The van der Waals surface area contributed by atoms with E-state index in [-0.39, 0.29) is 0 Å². The van der Waals surface area contributed by atoms with Gasteiger partial charge in [-0.15, -0.1) is 12.6 Å². The average molecular weight is 265 g/mol. The molecule has 0 amide bonds. The molecule has 54 valence electrons. The van der Waals surface area contributed by atoms with E-state index in [0.29, 0.717) is 0 Å². The minimum atomic E-state index is 0.787. The van der Waals surface area contributed by atoms with Crippen LogP contribution in [0.2, 0.25) is 0 Å². The molecular weight excluding hydrogens is 257 g/mol. The monoisotopic (exact) mass is 265 g/mol. The smallest absolute Gasteiger partial charge is 0.0490 e. The van der Waals surface area contributed by atoms with Gasteiger partial charge in [-0.05, 0) is 41.1 Å². The highest BCUT2D eigenvalue weighted by Crippen LogP contribution is 2.25. The van der Waals surface area contributed by atoms with Gasteiger partial charge in [-0.3, -0.25) is 0 Å². The molecule has 0 bridgehead atoms. The Balaban J connectivity index is 3.34. The fourth-order valence-electron chi connectivity index (χ4n) is 0.682. The normalized spacial score (nSPS) is 9.90. The summed E-state index contributed by atoms with van der Waals surface area (Å²) >= 11 is 6.46. The molecule has 3 heteroatoms. The second-order valence-electron chi connectivity index (χ2n) is 2.13. The molecule has 0 unspecified atom stereocenters. The molecule has 0 fully saturated rings. The third-order valence-electron chi connectivity index (χ3n) is 1.39. The van der Waals surface area contributed by atoms with Crippen molar-refractivity contribution in [2.75, 3.05) is 5.73 Å². The molecule has 0 saturated carbocycles. The molecular formula is C7H8INS. The number of nitrogens with two attached hydrogens (primary N) is 1. The summed E-state index contributed by atoms with van der Waals surface area (Å²) in [5, 5.41) is 0. The molecule has 0 aliphatic heterocycles. The molecule has 10 heavy (non-hydrogen) atoms. The first-order valence-electron chi connectivity index (χ1n) is 2.86. The third-order valence-corrected chi connectivity index (χ3v) is 3.19. The summed E-state index contributed by atoms with van der Waals surface area (Å²) in [6.45, 7) is 1.98. The lowest BCUT2D eigenvalue weighted by atomic mass is 10.2. The highest BCUT2D eigenvalue weighted by atomic mass is 127. The van der Waals surface area contributed by atoms with Gasteiger partial charge >= 0.3 is 0 Å². The predicted octanol–water partition coefficient (Wildman–Crippen LogP) is 2.47. The van der Waals surface area contributed by atoms with Gasteiger partial charge in [0.15, 0.2) is 0 Å². The van der Waals surface area contributed by atoms with Crippen molar-refractivity contribution in [3.8, 4) is 0 Å². The van der Waals surface area contributed by atoms with Crippen LogP contribution in [0.25, 0.3) is 0 Å². The molecule has 1 aromatic carbocycles. The van der Waals surface area contributed by atoms with Crippen molar-refractivity contribution in [1.82, 2.24) is 0 Å². The topological polar surface area (TPSA) is 26.0 Å². The second kappa shape index (κ2) is 3.00.